The second-order valence-electron chi connectivity index (χ2n) is 5.55. The van der Waals surface area contributed by atoms with Crippen LogP contribution in [0.2, 0.25) is 5.02 Å². The number of halogens is 1. The average Bonchev–Trinajstić information content (AvgIpc) is 2.35. The van der Waals surface area contributed by atoms with Crippen LogP contribution in [0.25, 0.3) is 0 Å². The highest BCUT2D eigenvalue weighted by molar-refractivity contribution is 6.30. The molecule has 1 aliphatic carbocycles. The van der Waals surface area contributed by atoms with Crippen LogP contribution < -0.4 is 5.32 Å². The Kier molecular flexibility index (Phi) is 5.08. The first-order chi connectivity index (χ1) is 9.06. The third-order valence-corrected chi connectivity index (χ3v) is 4.07. The molecule has 0 spiro atoms. The summed E-state index contributed by atoms with van der Waals surface area (Å²) in [4.78, 5) is 0. The van der Waals surface area contributed by atoms with Gasteiger partial charge in [0.05, 0.1) is 6.10 Å². The molecule has 1 aromatic rings. The molecule has 1 fully saturated rings. The van der Waals surface area contributed by atoms with Crippen LogP contribution in [0.3, 0.4) is 0 Å². The van der Waals surface area contributed by atoms with Crippen molar-refractivity contribution in [3.63, 3.8) is 0 Å². The average molecular weight is 284 g/mol. The van der Waals surface area contributed by atoms with Gasteiger partial charge in [-0.05, 0) is 56.3 Å². The smallest absolute Gasteiger partial charge is 0.123 e. The number of aliphatic hydroxyl groups is 1. The van der Waals surface area contributed by atoms with Crippen LogP contribution in [0.5, 0.6) is 5.75 Å². The molecule has 1 aromatic carbocycles. The van der Waals surface area contributed by atoms with Crippen molar-refractivity contribution < 1.29 is 10.2 Å². The topological polar surface area (TPSA) is 52.5 Å². The second kappa shape index (κ2) is 6.60. The molecule has 106 valence electrons. The molecule has 0 amide bonds. The van der Waals surface area contributed by atoms with Crippen molar-refractivity contribution in [1.82, 2.24) is 5.32 Å². The molecule has 2 atom stereocenters. The van der Waals surface area contributed by atoms with E-state index in [1.807, 2.05) is 6.92 Å². The van der Waals surface area contributed by atoms with Crippen LogP contribution in [0.4, 0.5) is 0 Å². The summed E-state index contributed by atoms with van der Waals surface area (Å²) < 4.78 is 0. The Hall–Kier alpha value is -0.770. The maximum absolute atomic E-state index is 9.96. The molecule has 19 heavy (non-hydrogen) atoms. The molecule has 0 radical (unpaired) electrons. The molecule has 1 saturated carbocycles. The van der Waals surface area contributed by atoms with Gasteiger partial charge < -0.3 is 15.5 Å². The molecule has 1 aliphatic rings. The lowest BCUT2D eigenvalue weighted by Gasteiger charge is -2.26. The minimum Gasteiger partial charge on any atom is -0.507 e. The minimum atomic E-state index is -0.137. The number of phenols is 1. The summed E-state index contributed by atoms with van der Waals surface area (Å²) in [5.74, 6) is 0.853. The van der Waals surface area contributed by atoms with Gasteiger partial charge in [-0.1, -0.05) is 18.0 Å². The molecular formula is C15H22ClNO2. The van der Waals surface area contributed by atoms with Crippen LogP contribution in [0.15, 0.2) is 12.1 Å². The zero-order valence-electron chi connectivity index (χ0n) is 11.3. The van der Waals surface area contributed by atoms with Gasteiger partial charge in [-0.3, -0.25) is 0 Å². The van der Waals surface area contributed by atoms with Gasteiger partial charge >= 0.3 is 0 Å². The largest absolute Gasteiger partial charge is 0.507 e. The Balaban J connectivity index is 1.85. The summed E-state index contributed by atoms with van der Waals surface area (Å²) in [6.45, 7) is 3.34. The summed E-state index contributed by atoms with van der Waals surface area (Å²) in [5.41, 5.74) is 1.64. The van der Waals surface area contributed by atoms with E-state index in [9.17, 15) is 10.2 Å². The first-order valence-electron chi connectivity index (χ1n) is 6.93. The summed E-state index contributed by atoms with van der Waals surface area (Å²) in [6.07, 6.45) is 3.96. The van der Waals surface area contributed by atoms with E-state index in [4.69, 9.17) is 11.6 Å². The van der Waals surface area contributed by atoms with Crippen LogP contribution in [0, 0.1) is 12.8 Å². The molecule has 0 heterocycles. The molecule has 0 aromatic heterocycles. The van der Waals surface area contributed by atoms with E-state index in [2.05, 4.69) is 5.32 Å². The third kappa shape index (κ3) is 4.10. The summed E-state index contributed by atoms with van der Waals surface area (Å²) in [5, 5.41) is 23.6. The first-order valence-corrected chi connectivity index (χ1v) is 7.31. The minimum absolute atomic E-state index is 0.137. The Bertz CT molecular complexity index is 436. The number of aromatic hydroxyl groups is 1. The standard InChI is InChI=1S/C15H22ClNO2/c1-10-5-13(16)7-12(15(10)19)9-17-8-11-3-2-4-14(18)6-11/h5,7,11,14,17-19H,2-4,6,8-9H2,1H3. The molecule has 4 heteroatoms. The van der Waals surface area contributed by atoms with Crippen molar-refractivity contribution in [2.24, 2.45) is 5.92 Å². The van der Waals surface area contributed by atoms with Gasteiger partial charge in [0, 0.05) is 17.1 Å². The fourth-order valence-corrected chi connectivity index (χ4v) is 3.09. The Morgan fingerprint density at radius 2 is 2.16 bits per heavy atom. The van der Waals surface area contributed by atoms with Crippen molar-refractivity contribution in [3.8, 4) is 5.75 Å². The molecule has 2 unspecified atom stereocenters. The second-order valence-corrected chi connectivity index (χ2v) is 5.98. The molecule has 2 rings (SSSR count). The van der Waals surface area contributed by atoms with Gasteiger partial charge in [0.25, 0.3) is 0 Å². The monoisotopic (exact) mass is 283 g/mol. The van der Waals surface area contributed by atoms with Gasteiger partial charge in [-0.15, -0.1) is 0 Å². The number of rotatable bonds is 4. The van der Waals surface area contributed by atoms with Crippen molar-refractivity contribution in [2.75, 3.05) is 6.54 Å². The first kappa shape index (κ1) is 14.6. The SMILES string of the molecule is Cc1cc(Cl)cc(CNCC2CCCC(O)C2)c1O. The number of phenolic OH excluding ortho intramolecular Hbond substituents is 1. The highest BCUT2D eigenvalue weighted by atomic mass is 35.5. The van der Waals surface area contributed by atoms with E-state index in [0.717, 1.165) is 36.9 Å². The van der Waals surface area contributed by atoms with E-state index in [1.54, 1.807) is 12.1 Å². The number of aliphatic hydroxyl groups excluding tert-OH is 1. The Morgan fingerprint density at radius 1 is 1.37 bits per heavy atom. The lowest BCUT2D eigenvalue weighted by atomic mass is 9.87. The van der Waals surface area contributed by atoms with Gasteiger partial charge in [-0.2, -0.15) is 0 Å². The lowest BCUT2D eigenvalue weighted by molar-refractivity contribution is 0.101. The van der Waals surface area contributed by atoms with Crippen molar-refractivity contribution in [1.29, 1.82) is 0 Å². The van der Waals surface area contributed by atoms with Gasteiger partial charge in [0.2, 0.25) is 0 Å². The molecular weight excluding hydrogens is 262 g/mol. The predicted octanol–water partition coefficient (Wildman–Crippen LogP) is 2.99. The van der Waals surface area contributed by atoms with Gasteiger partial charge in [-0.25, -0.2) is 0 Å². The number of aryl methyl sites for hydroxylation is 1. The van der Waals surface area contributed by atoms with E-state index >= 15 is 0 Å². The summed E-state index contributed by atoms with van der Waals surface area (Å²) in [6, 6.07) is 3.56. The predicted molar refractivity (Wildman–Crippen MR) is 77.5 cm³/mol. The number of nitrogens with one attached hydrogen (secondary N) is 1. The van der Waals surface area contributed by atoms with Crippen molar-refractivity contribution >= 4 is 11.6 Å². The van der Waals surface area contributed by atoms with E-state index in [1.165, 1.54) is 6.42 Å². The summed E-state index contributed by atoms with van der Waals surface area (Å²) in [7, 11) is 0. The highest BCUT2D eigenvalue weighted by Crippen LogP contribution is 2.27. The molecule has 0 aliphatic heterocycles. The molecule has 3 nitrogen and oxygen atoms in total. The zero-order chi connectivity index (χ0) is 13.8. The molecule has 3 N–H and O–H groups in total. The van der Waals surface area contributed by atoms with E-state index in [0.29, 0.717) is 23.2 Å². The fraction of sp³-hybridized carbons (Fsp3) is 0.600. The normalized spacial score (nSPS) is 23.5. The quantitative estimate of drug-likeness (QED) is 0.796. The van der Waals surface area contributed by atoms with Crippen LogP contribution in [0.1, 0.15) is 36.8 Å². The number of hydrogen-bond donors (Lipinski definition) is 3. The molecule has 0 bridgehead atoms. The summed E-state index contributed by atoms with van der Waals surface area (Å²) >= 11 is 6.00. The van der Waals surface area contributed by atoms with E-state index < -0.39 is 0 Å². The van der Waals surface area contributed by atoms with Crippen molar-refractivity contribution in [2.45, 2.75) is 45.3 Å². The Morgan fingerprint density at radius 3 is 2.89 bits per heavy atom. The zero-order valence-corrected chi connectivity index (χ0v) is 12.1. The van der Waals surface area contributed by atoms with Gasteiger partial charge in [0.15, 0.2) is 0 Å². The lowest BCUT2D eigenvalue weighted by Crippen LogP contribution is -2.28. The van der Waals surface area contributed by atoms with Gasteiger partial charge in [0.1, 0.15) is 5.75 Å². The maximum Gasteiger partial charge on any atom is 0.123 e. The van der Waals surface area contributed by atoms with E-state index in [-0.39, 0.29) is 6.10 Å². The van der Waals surface area contributed by atoms with Crippen LogP contribution in [-0.2, 0) is 6.54 Å². The number of hydrogen-bond acceptors (Lipinski definition) is 3. The Labute approximate surface area is 119 Å². The maximum atomic E-state index is 9.96. The highest BCUT2D eigenvalue weighted by Gasteiger charge is 2.19. The van der Waals surface area contributed by atoms with Crippen LogP contribution >= 0.6 is 11.6 Å². The third-order valence-electron chi connectivity index (χ3n) is 3.85. The van der Waals surface area contributed by atoms with Crippen molar-refractivity contribution in [3.05, 3.63) is 28.3 Å². The number of benzene rings is 1. The molecule has 0 saturated heterocycles. The fourth-order valence-electron chi connectivity index (χ4n) is 2.80. The van der Waals surface area contributed by atoms with Crippen LogP contribution in [-0.4, -0.2) is 22.9 Å².